The van der Waals surface area contributed by atoms with Gasteiger partial charge in [0.1, 0.15) is 0 Å². The summed E-state index contributed by atoms with van der Waals surface area (Å²) in [6.45, 7) is 0. The van der Waals surface area contributed by atoms with Crippen LogP contribution in [0.5, 0.6) is 0 Å². The molecule has 1 saturated heterocycles. The zero-order valence-corrected chi connectivity index (χ0v) is 10.9. The van der Waals surface area contributed by atoms with Gasteiger partial charge in [0.15, 0.2) is 0 Å². The zero-order valence-electron chi connectivity index (χ0n) is 10.9. The van der Waals surface area contributed by atoms with E-state index < -0.39 is 0 Å². The Hall–Kier alpha value is -1.97. The van der Waals surface area contributed by atoms with Crippen molar-refractivity contribution >= 4 is 17.5 Å². The second kappa shape index (κ2) is 3.19. The molecule has 3 fully saturated rings. The Morgan fingerprint density at radius 3 is 2.05 bits per heavy atom. The van der Waals surface area contributed by atoms with E-state index in [1.807, 2.05) is 0 Å². The second-order valence-corrected chi connectivity index (χ2v) is 6.44. The van der Waals surface area contributed by atoms with Crippen molar-refractivity contribution in [2.75, 3.05) is 4.90 Å². The summed E-state index contributed by atoms with van der Waals surface area (Å²) in [5.41, 5.74) is 0.930. The lowest BCUT2D eigenvalue weighted by Crippen LogP contribution is -2.34. The van der Waals surface area contributed by atoms with E-state index in [2.05, 4.69) is 17.1 Å². The molecule has 0 unspecified atom stereocenters. The van der Waals surface area contributed by atoms with E-state index in [0.717, 1.165) is 0 Å². The van der Waals surface area contributed by atoms with Gasteiger partial charge in [-0.2, -0.15) is 0 Å². The molecule has 4 atom stereocenters. The predicted octanol–water partition coefficient (Wildman–Crippen LogP) is 1.78. The van der Waals surface area contributed by atoms with E-state index in [1.54, 1.807) is 24.5 Å². The maximum Gasteiger partial charge on any atom is 0.238 e. The van der Waals surface area contributed by atoms with Crippen molar-refractivity contribution in [3.63, 3.8) is 0 Å². The third kappa shape index (κ3) is 1.00. The highest BCUT2D eigenvalue weighted by Gasteiger charge is 2.73. The molecule has 1 spiro atoms. The molecular weight excluding hydrogens is 252 g/mol. The number of rotatable bonds is 1. The number of hydrogen-bond donors (Lipinski definition) is 0. The number of imide groups is 1. The van der Waals surface area contributed by atoms with Crippen LogP contribution in [-0.2, 0) is 9.59 Å². The first-order valence-electron chi connectivity index (χ1n) is 7.20. The van der Waals surface area contributed by atoms with Gasteiger partial charge in [0.2, 0.25) is 11.8 Å². The molecule has 2 bridgehead atoms. The quantitative estimate of drug-likeness (QED) is 0.575. The van der Waals surface area contributed by atoms with Gasteiger partial charge in [-0.1, -0.05) is 12.2 Å². The molecule has 3 aliphatic carbocycles. The Balaban J connectivity index is 1.60. The summed E-state index contributed by atoms with van der Waals surface area (Å²) in [5, 5.41) is 0. The number of carbonyl (C=O) groups is 2. The fraction of sp³-hybridized carbons (Fsp3) is 0.438. The standard InChI is InChI=1S/C16H14N2O2/c19-14-12-10-1-2-11(16(10)5-6-16)13(12)15(20)18(14)9-3-7-17-8-4-9/h1-4,7-8,10-13H,5-6H2/t10-,11-,12-,13-/m0/s1. The first-order valence-corrected chi connectivity index (χ1v) is 7.20. The molecule has 0 aromatic carbocycles. The molecule has 2 heterocycles. The molecule has 2 amide bonds. The Kier molecular flexibility index (Phi) is 1.72. The fourth-order valence-corrected chi connectivity index (χ4v) is 4.83. The minimum atomic E-state index is -0.117. The summed E-state index contributed by atoms with van der Waals surface area (Å²) in [6, 6.07) is 3.47. The molecule has 4 nitrogen and oxygen atoms in total. The monoisotopic (exact) mass is 266 g/mol. The first-order chi connectivity index (χ1) is 9.74. The van der Waals surface area contributed by atoms with E-state index in [4.69, 9.17) is 0 Å². The molecule has 1 aromatic heterocycles. The van der Waals surface area contributed by atoms with Crippen molar-refractivity contribution in [1.29, 1.82) is 0 Å². The molecule has 0 N–H and O–H groups in total. The molecule has 20 heavy (non-hydrogen) atoms. The highest BCUT2D eigenvalue weighted by molar-refractivity contribution is 6.23. The highest BCUT2D eigenvalue weighted by atomic mass is 16.2. The summed E-state index contributed by atoms with van der Waals surface area (Å²) in [5.74, 6) is 0.339. The number of amides is 2. The van der Waals surface area contributed by atoms with Crippen molar-refractivity contribution in [2.24, 2.45) is 29.1 Å². The van der Waals surface area contributed by atoms with Crippen molar-refractivity contribution in [3.05, 3.63) is 36.7 Å². The van der Waals surface area contributed by atoms with Crippen LogP contribution in [-0.4, -0.2) is 16.8 Å². The van der Waals surface area contributed by atoms with Crippen LogP contribution in [0.4, 0.5) is 5.69 Å². The topological polar surface area (TPSA) is 50.3 Å². The number of nitrogens with zero attached hydrogens (tertiary/aromatic N) is 2. The first kappa shape index (κ1) is 10.8. The lowest BCUT2D eigenvalue weighted by molar-refractivity contribution is -0.123. The Morgan fingerprint density at radius 1 is 1.00 bits per heavy atom. The number of pyridine rings is 1. The predicted molar refractivity (Wildman–Crippen MR) is 71.5 cm³/mol. The van der Waals surface area contributed by atoms with Crippen molar-refractivity contribution in [1.82, 2.24) is 4.98 Å². The minimum Gasteiger partial charge on any atom is -0.274 e. The molecule has 2 saturated carbocycles. The van der Waals surface area contributed by atoms with Crippen molar-refractivity contribution in [3.8, 4) is 0 Å². The number of allylic oxidation sites excluding steroid dienone is 2. The molecular formula is C16H14N2O2. The Labute approximate surface area is 116 Å². The van der Waals surface area contributed by atoms with Crippen LogP contribution in [0.3, 0.4) is 0 Å². The average Bonchev–Trinajstić information content (AvgIpc) is 3.06. The Bertz CT molecular complexity index is 628. The lowest BCUT2D eigenvalue weighted by Gasteiger charge is -2.21. The van der Waals surface area contributed by atoms with Gasteiger partial charge in [-0.05, 0) is 42.2 Å². The molecule has 1 aromatic rings. The molecule has 1 aliphatic heterocycles. The van der Waals surface area contributed by atoms with Crippen LogP contribution < -0.4 is 4.90 Å². The summed E-state index contributed by atoms with van der Waals surface area (Å²) in [4.78, 5) is 30.8. The third-order valence-corrected chi connectivity index (χ3v) is 5.77. The molecule has 0 radical (unpaired) electrons. The van der Waals surface area contributed by atoms with Gasteiger partial charge in [0.05, 0.1) is 17.5 Å². The summed E-state index contributed by atoms with van der Waals surface area (Å²) in [6.07, 6.45) is 9.99. The molecule has 4 aliphatic rings. The number of carbonyl (C=O) groups excluding carboxylic acids is 2. The third-order valence-electron chi connectivity index (χ3n) is 5.77. The van der Waals surface area contributed by atoms with Gasteiger partial charge in [0, 0.05) is 12.4 Å². The van der Waals surface area contributed by atoms with Crippen LogP contribution in [0.1, 0.15) is 12.8 Å². The second-order valence-electron chi connectivity index (χ2n) is 6.44. The summed E-state index contributed by atoms with van der Waals surface area (Å²) >= 11 is 0. The largest absolute Gasteiger partial charge is 0.274 e. The Morgan fingerprint density at radius 2 is 1.55 bits per heavy atom. The smallest absolute Gasteiger partial charge is 0.238 e. The van der Waals surface area contributed by atoms with E-state index in [1.165, 1.54) is 17.7 Å². The van der Waals surface area contributed by atoms with Crippen molar-refractivity contribution < 1.29 is 9.59 Å². The number of anilines is 1. The molecule has 4 heteroatoms. The summed E-state index contributed by atoms with van der Waals surface area (Å²) in [7, 11) is 0. The lowest BCUT2D eigenvalue weighted by atomic mass is 9.85. The van der Waals surface area contributed by atoms with Gasteiger partial charge >= 0.3 is 0 Å². The highest BCUT2D eigenvalue weighted by Crippen LogP contribution is 2.73. The van der Waals surface area contributed by atoms with Crippen LogP contribution in [0.2, 0.25) is 0 Å². The van der Waals surface area contributed by atoms with Gasteiger partial charge in [-0.25, -0.2) is 4.90 Å². The maximum absolute atomic E-state index is 12.8. The van der Waals surface area contributed by atoms with E-state index in [9.17, 15) is 9.59 Å². The SMILES string of the molecule is O=C1[C@@H]2[C@@H](C(=O)N1c1ccncc1)[C@@H]1C=C[C@@H]2C12CC2. The normalized spacial score (nSPS) is 38.9. The van der Waals surface area contributed by atoms with Crippen LogP contribution in [0.25, 0.3) is 0 Å². The van der Waals surface area contributed by atoms with E-state index in [0.29, 0.717) is 17.5 Å². The summed E-state index contributed by atoms with van der Waals surface area (Å²) < 4.78 is 0. The molecule has 5 rings (SSSR count). The van der Waals surface area contributed by atoms with Gasteiger partial charge < -0.3 is 0 Å². The van der Waals surface area contributed by atoms with E-state index in [-0.39, 0.29) is 29.1 Å². The van der Waals surface area contributed by atoms with Crippen molar-refractivity contribution in [2.45, 2.75) is 12.8 Å². The van der Waals surface area contributed by atoms with Gasteiger partial charge in [-0.3, -0.25) is 14.6 Å². The van der Waals surface area contributed by atoms with Crippen LogP contribution in [0.15, 0.2) is 36.7 Å². The number of aromatic nitrogens is 1. The van der Waals surface area contributed by atoms with Crippen LogP contribution in [0, 0.1) is 29.1 Å². The average molecular weight is 266 g/mol. The van der Waals surface area contributed by atoms with Gasteiger partial charge in [0.25, 0.3) is 0 Å². The fourth-order valence-electron chi connectivity index (χ4n) is 4.83. The van der Waals surface area contributed by atoms with Gasteiger partial charge in [-0.15, -0.1) is 0 Å². The maximum atomic E-state index is 12.8. The number of fused-ring (bicyclic) bond motifs is 3. The molecule has 100 valence electrons. The van der Waals surface area contributed by atoms with E-state index >= 15 is 0 Å². The number of hydrogen-bond acceptors (Lipinski definition) is 3. The zero-order chi connectivity index (χ0) is 13.5. The van der Waals surface area contributed by atoms with Crippen LogP contribution >= 0.6 is 0 Å². The minimum absolute atomic E-state index is 0.00525.